The lowest BCUT2D eigenvalue weighted by Crippen LogP contribution is -2.58. The molecule has 13 nitrogen and oxygen atoms in total. The van der Waals surface area contributed by atoms with Crippen LogP contribution < -0.4 is 32.7 Å². The van der Waals surface area contributed by atoms with E-state index in [1.54, 1.807) is 44.2 Å². The molecule has 2 aromatic rings. The number of aliphatic imine (C=N–C) groups is 1. The molecule has 43 heavy (non-hydrogen) atoms. The van der Waals surface area contributed by atoms with Crippen molar-refractivity contribution >= 4 is 29.8 Å². The van der Waals surface area contributed by atoms with E-state index in [4.69, 9.17) is 11.5 Å². The molecule has 0 heterocycles. The van der Waals surface area contributed by atoms with E-state index in [0.717, 1.165) is 5.56 Å². The minimum absolute atomic E-state index is 0.0372. The van der Waals surface area contributed by atoms with Gasteiger partial charge in [0, 0.05) is 13.0 Å². The molecule has 0 saturated heterocycles. The van der Waals surface area contributed by atoms with Crippen molar-refractivity contribution in [1.82, 2.24) is 21.3 Å². The number of aliphatic hydroxyl groups excluding tert-OH is 1. The Balaban J connectivity index is 2.12. The first kappa shape index (κ1) is 34.6. The summed E-state index contributed by atoms with van der Waals surface area (Å²) in [5.74, 6) is -2.83. The Morgan fingerprint density at radius 1 is 0.791 bits per heavy atom. The third-order valence-corrected chi connectivity index (χ3v) is 6.59. The van der Waals surface area contributed by atoms with E-state index >= 15 is 0 Å². The molecule has 0 aliphatic rings. The number of hydrogen-bond donors (Lipinski definition) is 8. The van der Waals surface area contributed by atoms with Gasteiger partial charge in [-0.3, -0.25) is 14.6 Å². The highest BCUT2D eigenvalue weighted by Crippen LogP contribution is 2.09. The van der Waals surface area contributed by atoms with Crippen molar-refractivity contribution < 1.29 is 29.4 Å². The monoisotopic (exact) mass is 597 g/mol. The van der Waals surface area contributed by atoms with Gasteiger partial charge in [-0.15, -0.1) is 0 Å². The number of guanidine groups is 1. The topological polar surface area (TPSA) is 221 Å². The van der Waals surface area contributed by atoms with Crippen LogP contribution in [0.25, 0.3) is 0 Å². The number of nitrogens with one attached hydrogen (secondary N) is 4. The van der Waals surface area contributed by atoms with E-state index in [1.165, 1.54) is 0 Å². The summed E-state index contributed by atoms with van der Waals surface area (Å²) in [6, 6.07) is 13.4. The normalized spacial score (nSPS) is 13.6. The van der Waals surface area contributed by atoms with Crippen molar-refractivity contribution in [2.24, 2.45) is 22.4 Å². The van der Waals surface area contributed by atoms with E-state index in [0.29, 0.717) is 18.4 Å². The second kappa shape index (κ2) is 18.0. The number of amides is 4. The Morgan fingerprint density at radius 2 is 1.35 bits per heavy atom. The second-order valence-corrected chi connectivity index (χ2v) is 10.5. The fraction of sp³-hybridized carbons (Fsp3) is 0.433. The van der Waals surface area contributed by atoms with Gasteiger partial charge in [-0.05, 0) is 36.3 Å². The Hall–Kier alpha value is -4.65. The van der Waals surface area contributed by atoms with Gasteiger partial charge in [-0.1, -0.05) is 74.5 Å². The number of nitrogens with two attached hydrogens (primary N) is 2. The van der Waals surface area contributed by atoms with E-state index in [9.17, 15) is 29.4 Å². The molecule has 0 radical (unpaired) electrons. The van der Waals surface area contributed by atoms with Crippen LogP contribution in [0.1, 0.15) is 37.8 Å². The molecule has 0 spiro atoms. The molecule has 0 unspecified atom stereocenters. The highest BCUT2D eigenvalue weighted by atomic mass is 16.4. The van der Waals surface area contributed by atoms with Gasteiger partial charge in [0.1, 0.15) is 18.1 Å². The maximum Gasteiger partial charge on any atom is 0.326 e. The molecule has 2 aromatic carbocycles. The number of carboxylic acids is 1. The lowest BCUT2D eigenvalue weighted by Gasteiger charge is -2.27. The van der Waals surface area contributed by atoms with Crippen LogP contribution in [0.3, 0.4) is 0 Å². The van der Waals surface area contributed by atoms with E-state index in [2.05, 4.69) is 26.3 Å². The molecular formula is C30H43N7O6. The van der Waals surface area contributed by atoms with Crippen molar-refractivity contribution in [3.63, 3.8) is 0 Å². The Bertz CT molecular complexity index is 1210. The summed E-state index contributed by atoms with van der Waals surface area (Å²) < 4.78 is 0. The summed E-state index contributed by atoms with van der Waals surface area (Å²) in [6.07, 6.45) is 0.845. The molecule has 0 bridgehead atoms. The Kier molecular flexibility index (Phi) is 14.5. The number of carboxylic acid groups (broad SMARTS) is 1. The molecule has 13 heteroatoms. The van der Waals surface area contributed by atoms with Gasteiger partial charge in [0.2, 0.25) is 11.8 Å². The zero-order valence-electron chi connectivity index (χ0n) is 24.5. The maximum absolute atomic E-state index is 13.4. The third-order valence-electron chi connectivity index (χ3n) is 6.59. The van der Waals surface area contributed by atoms with Gasteiger partial charge in [0.05, 0.1) is 12.6 Å². The Morgan fingerprint density at radius 3 is 1.86 bits per heavy atom. The van der Waals surface area contributed by atoms with Crippen molar-refractivity contribution in [1.29, 1.82) is 0 Å². The zero-order valence-corrected chi connectivity index (χ0v) is 24.5. The van der Waals surface area contributed by atoms with Crippen LogP contribution in [0.15, 0.2) is 65.7 Å². The van der Waals surface area contributed by atoms with Crippen LogP contribution in [0.2, 0.25) is 0 Å². The molecule has 10 N–H and O–H groups in total. The number of urea groups is 1. The summed E-state index contributed by atoms with van der Waals surface area (Å²) in [5, 5.41) is 30.0. The van der Waals surface area contributed by atoms with Crippen LogP contribution in [0.4, 0.5) is 4.79 Å². The molecule has 4 atom stereocenters. The number of aliphatic carboxylic acids is 1. The first-order valence-electron chi connectivity index (χ1n) is 14.1. The predicted octanol–water partition coefficient (Wildman–Crippen LogP) is 0.264. The molecular weight excluding hydrogens is 554 g/mol. The van der Waals surface area contributed by atoms with Gasteiger partial charge in [-0.2, -0.15) is 0 Å². The van der Waals surface area contributed by atoms with Gasteiger partial charge in [0.25, 0.3) is 0 Å². The van der Waals surface area contributed by atoms with E-state index < -0.39 is 48.0 Å². The van der Waals surface area contributed by atoms with Crippen LogP contribution in [0.5, 0.6) is 0 Å². The minimum Gasteiger partial charge on any atom is -0.480 e. The molecule has 2 rings (SSSR count). The summed E-state index contributed by atoms with van der Waals surface area (Å²) in [7, 11) is 0. The first-order valence-corrected chi connectivity index (χ1v) is 14.1. The molecule has 234 valence electrons. The number of carbonyl (C=O) groups excluding carboxylic acids is 3. The van der Waals surface area contributed by atoms with Gasteiger partial charge < -0.3 is 42.9 Å². The lowest BCUT2D eigenvalue weighted by atomic mass is 10.0. The predicted molar refractivity (Wildman–Crippen MR) is 163 cm³/mol. The largest absolute Gasteiger partial charge is 0.480 e. The van der Waals surface area contributed by atoms with Gasteiger partial charge in [-0.25, -0.2) is 9.59 Å². The molecule has 0 aliphatic heterocycles. The molecule has 0 aromatic heterocycles. The number of rotatable bonds is 17. The van der Waals surface area contributed by atoms with Gasteiger partial charge in [0.15, 0.2) is 5.96 Å². The molecule has 0 saturated carbocycles. The van der Waals surface area contributed by atoms with Crippen molar-refractivity contribution in [3.05, 3.63) is 71.8 Å². The molecule has 4 amide bonds. The number of carbonyl (C=O) groups is 4. The summed E-state index contributed by atoms with van der Waals surface area (Å²) in [4.78, 5) is 55.2. The van der Waals surface area contributed by atoms with Gasteiger partial charge >= 0.3 is 12.0 Å². The smallest absolute Gasteiger partial charge is 0.326 e. The van der Waals surface area contributed by atoms with Crippen molar-refractivity contribution in [3.8, 4) is 0 Å². The minimum atomic E-state index is -1.25. The van der Waals surface area contributed by atoms with Crippen molar-refractivity contribution in [2.75, 3.05) is 13.2 Å². The van der Waals surface area contributed by atoms with Crippen LogP contribution >= 0.6 is 0 Å². The van der Waals surface area contributed by atoms with Crippen LogP contribution in [-0.4, -0.2) is 77.3 Å². The highest BCUT2D eigenvalue weighted by molar-refractivity contribution is 5.92. The van der Waals surface area contributed by atoms with Crippen LogP contribution in [-0.2, 0) is 27.2 Å². The third kappa shape index (κ3) is 12.8. The fourth-order valence-corrected chi connectivity index (χ4v) is 4.32. The maximum atomic E-state index is 13.4. The van der Waals surface area contributed by atoms with E-state index in [-0.39, 0.29) is 37.9 Å². The Labute approximate surface area is 251 Å². The molecule has 0 fully saturated rings. The summed E-state index contributed by atoms with van der Waals surface area (Å²) in [6.45, 7) is 3.39. The second-order valence-electron chi connectivity index (χ2n) is 10.5. The average molecular weight is 598 g/mol. The van der Waals surface area contributed by atoms with E-state index in [1.807, 2.05) is 30.3 Å². The lowest BCUT2D eigenvalue weighted by molar-refractivity contribution is -0.139. The fourth-order valence-electron chi connectivity index (χ4n) is 4.32. The van der Waals surface area contributed by atoms with Crippen LogP contribution in [0, 0.1) is 5.92 Å². The number of nitrogens with zero attached hydrogens (tertiary/aromatic N) is 1. The summed E-state index contributed by atoms with van der Waals surface area (Å²) >= 11 is 0. The zero-order chi connectivity index (χ0) is 31.8. The highest BCUT2D eigenvalue weighted by Gasteiger charge is 2.30. The average Bonchev–Trinajstić information content (AvgIpc) is 2.97. The SMILES string of the molecule is CC(C)[C@H](NC(=O)[C@@H](CCCN=C(N)N)NC(=O)N[C@@H](Cc1ccccc1)C(=O)O)C(=O)N[C@H](CO)Cc1ccccc1. The summed E-state index contributed by atoms with van der Waals surface area (Å²) in [5.41, 5.74) is 12.4. The van der Waals surface area contributed by atoms with Crippen molar-refractivity contribution in [2.45, 2.75) is 63.7 Å². The quantitative estimate of drug-likeness (QED) is 0.0716. The standard InChI is InChI=1S/C30H43N7O6/c1-19(2)25(27(40)34-22(18-38)16-20-10-5-3-6-11-20)37-26(39)23(14-9-15-33-29(31)32)35-30(43)36-24(28(41)42)17-21-12-7-4-8-13-21/h3-8,10-13,19,22-25,38H,9,14-18H2,1-2H3,(H,34,40)(H,37,39)(H,41,42)(H4,31,32,33)(H2,35,36,43)/t22-,23+,24-,25-/m0/s1. The first-order chi connectivity index (χ1) is 20.5. The molecule has 0 aliphatic carbocycles. The number of hydrogen-bond acceptors (Lipinski definition) is 6. The number of benzene rings is 2. The number of aliphatic hydroxyl groups is 1.